The summed E-state index contributed by atoms with van der Waals surface area (Å²) in [4.78, 5) is 10.9. The van der Waals surface area contributed by atoms with Crippen LogP contribution in [0.1, 0.15) is 6.92 Å². The van der Waals surface area contributed by atoms with Crippen molar-refractivity contribution in [1.82, 2.24) is 5.32 Å². The molecule has 0 spiro atoms. The molecular weight excluding hydrogens is 218 g/mol. The smallest absolute Gasteiger partial charge is 0.217 e. The van der Waals surface area contributed by atoms with Crippen LogP contribution in [0, 0.1) is 0 Å². The number of carbonyl (C=O) groups is 1. The van der Waals surface area contributed by atoms with E-state index in [1.54, 1.807) is 0 Å². The van der Waals surface area contributed by atoms with Gasteiger partial charge in [-0.1, -0.05) is 0 Å². The van der Waals surface area contributed by atoms with Gasteiger partial charge in [0.05, 0.1) is 6.61 Å². The van der Waals surface area contributed by atoms with Crippen LogP contribution in [0.3, 0.4) is 0 Å². The molecule has 1 amide bonds. The van der Waals surface area contributed by atoms with Crippen LogP contribution in [0.25, 0.3) is 0 Å². The van der Waals surface area contributed by atoms with Gasteiger partial charge in [0.2, 0.25) is 5.91 Å². The molecule has 0 aromatic heterocycles. The molecule has 16 heavy (non-hydrogen) atoms. The largest absolute Gasteiger partial charge is 0.394 e. The van der Waals surface area contributed by atoms with Crippen LogP contribution in [0.5, 0.6) is 0 Å². The van der Waals surface area contributed by atoms with Gasteiger partial charge in [0.15, 0.2) is 6.29 Å². The lowest BCUT2D eigenvalue weighted by Crippen LogP contribution is -2.64. The number of carbonyl (C=O) groups excluding carboxylic acids is 1. The van der Waals surface area contributed by atoms with E-state index in [1.165, 1.54) is 14.0 Å². The fraction of sp³-hybridized carbons (Fsp3) is 0.889. The number of ether oxygens (including phenoxy) is 2. The van der Waals surface area contributed by atoms with E-state index in [4.69, 9.17) is 14.6 Å². The van der Waals surface area contributed by atoms with Gasteiger partial charge in [-0.3, -0.25) is 4.79 Å². The number of hydrogen-bond donors (Lipinski definition) is 4. The lowest BCUT2D eigenvalue weighted by molar-refractivity contribution is -0.262. The molecule has 1 fully saturated rings. The third kappa shape index (κ3) is 2.69. The van der Waals surface area contributed by atoms with Gasteiger partial charge >= 0.3 is 0 Å². The number of aliphatic hydroxyl groups is 3. The third-order valence-corrected chi connectivity index (χ3v) is 2.48. The van der Waals surface area contributed by atoms with Crippen molar-refractivity contribution in [2.24, 2.45) is 0 Å². The van der Waals surface area contributed by atoms with E-state index in [0.717, 1.165) is 0 Å². The van der Waals surface area contributed by atoms with Crippen molar-refractivity contribution >= 4 is 5.91 Å². The molecule has 0 bridgehead atoms. The molecule has 0 unspecified atom stereocenters. The molecule has 0 aromatic carbocycles. The SMILES string of the molecule is CO[C@H]1O[C@@H](CO)[C@@H](O)[C@@H](O)[C@H]1NC(C)=O. The van der Waals surface area contributed by atoms with Crippen molar-refractivity contribution in [3.63, 3.8) is 0 Å². The molecule has 94 valence electrons. The molecule has 7 nitrogen and oxygen atoms in total. The summed E-state index contributed by atoms with van der Waals surface area (Å²) in [6.07, 6.45) is -4.35. The predicted molar refractivity (Wildman–Crippen MR) is 52.4 cm³/mol. The van der Waals surface area contributed by atoms with Gasteiger partial charge < -0.3 is 30.1 Å². The Morgan fingerprint density at radius 3 is 2.50 bits per heavy atom. The standard InChI is InChI=1S/C9H17NO6/c1-4(12)10-6-8(14)7(13)5(3-11)16-9(6)15-2/h5-9,11,13-14H,3H2,1-2H3,(H,10,12)/t5-,6+,7+,8-,9-/m0/s1. The van der Waals surface area contributed by atoms with E-state index in [2.05, 4.69) is 5.32 Å². The Morgan fingerprint density at radius 1 is 1.44 bits per heavy atom. The Morgan fingerprint density at radius 2 is 2.06 bits per heavy atom. The van der Waals surface area contributed by atoms with Gasteiger partial charge in [0.1, 0.15) is 24.4 Å². The van der Waals surface area contributed by atoms with E-state index < -0.39 is 37.3 Å². The zero-order valence-corrected chi connectivity index (χ0v) is 9.16. The third-order valence-electron chi connectivity index (χ3n) is 2.48. The van der Waals surface area contributed by atoms with Gasteiger partial charge in [-0.25, -0.2) is 0 Å². The van der Waals surface area contributed by atoms with E-state index >= 15 is 0 Å². The maximum atomic E-state index is 10.9. The quantitative estimate of drug-likeness (QED) is 0.433. The summed E-state index contributed by atoms with van der Waals surface area (Å²) in [5.74, 6) is -0.371. The molecule has 1 aliphatic heterocycles. The molecule has 7 heteroatoms. The van der Waals surface area contributed by atoms with Crippen molar-refractivity contribution in [2.75, 3.05) is 13.7 Å². The van der Waals surface area contributed by atoms with Gasteiger partial charge in [-0.2, -0.15) is 0 Å². The number of aliphatic hydroxyl groups excluding tert-OH is 3. The predicted octanol–water partition coefficient (Wildman–Crippen LogP) is -2.42. The molecule has 0 saturated carbocycles. The number of amides is 1. The topological polar surface area (TPSA) is 108 Å². The van der Waals surface area contributed by atoms with E-state index in [-0.39, 0.29) is 5.91 Å². The van der Waals surface area contributed by atoms with Crippen molar-refractivity contribution < 1.29 is 29.6 Å². The average molecular weight is 235 g/mol. The Labute approximate surface area is 93.0 Å². The lowest BCUT2D eigenvalue weighted by atomic mass is 9.97. The molecule has 1 rings (SSSR count). The number of rotatable bonds is 3. The zero-order chi connectivity index (χ0) is 12.3. The second-order valence-corrected chi connectivity index (χ2v) is 3.67. The van der Waals surface area contributed by atoms with Crippen LogP contribution in [0.2, 0.25) is 0 Å². The maximum absolute atomic E-state index is 10.9. The molecule has 1 saturated heterocycles. The van der Waals surface area contributed by atoms with Gasteiger partial charge in [0, 0.05) is 14.0 Å². The summed E-state index contributed by atoms with van der Waals surface area (Å²) in [5, 5.41) is 30.7. The Bertz CT molecular complexity index is 246. The second-order valence-electron chi connectivity index (χ2n) is 3.67. The molecule has 1 aliphatic rings. The van der Waals surface area contributed by atoms with Crippen LogP contribution in [0.15, 0.2) is 0 Å². The number of nitrogens with one attached hydrogen (secondary N) is 1. The molecular formula is C9H17NO6. The highest BCUT2D eigenvalue weighted by atomic mass is 16.7. The summed E-state index contributed by atoms with van der Waals surface area (Å²) in [6.45, 7) is 0.842. The molecule has 4 N–H and O–H groups in total. The lowest BCUT2D eigenvalue weighted by Gasteiger charge is -2.41. The van der Waals surface area contributed by atoms with E-state index in [1.807, 2.05) is 0 Å². The van der Waals surface area contributed by atoms with Crippen LogP contribution in [0.4, 0.5) is 0 Å². The highest BCUT2D eigenvalue weighted by Crippen LogP contribution is 2.21. The Balaban J connectivity index is 2.77. The van der Waals surface area contributed by atoms with Crippen molar-refractivity contribution in [2.45, 2.75) is 37.6 Å². The van der Waals surface area contributed by atoms with Crippen molar-refractivity contribution in [1.29, 1.82) is 0 Å². The molecule has 0 aliphatic carbocycles. The first kappa shape index (κ1) is 13.3. The van der Waals surface area contributed by atoms with Gasteiger partial charge in [-0.05, 0) is 0 Å². The van der Waals surface area contributed by atoms with Crippen molar-refractivity contribution in [3.8, 4) is 0 Å². The van der Waals surface area contributed by atoms with Crippen LogP contribution in [-0.2, 0) is 14.3 Å². The molecule has 1 heterocycles. The van der Waals surface area contributed by atoms with E-state index in [0.29, 0.717) is 0 Å². The fourth-order valence-corrected chi connectivity index (χ4v) is 1.67. The molecule has 5 atom stereocenters. The summed E-state index contributed by atoms with van der Waals surface area (Å²) in [7, 11) is 1.35. The van der Waals surface area contributed by atoms with Crippen LogP contribution in [-0.4, -0.2) is 65.6 Å². The fourth-order valence-electron chi connectivity index (χ4n) is 1.67. The van der Waals surface area contributed by atoms with E-state index in [9.17, 15) is 15.0 Å². The molecule has 0 aromatic rings. The first-order valence-corrected chi connectivity index (χ1v) is 4.93. The molecule has 0 radical (unpaired) electrons. The minimum atomic E-state index is -1.27. The normalized spacial score (nSPS) is 39.4. The first-order chi connectivity index (χ1) is 7.51. The maximum Gasteiger partial charge on any atom is 0.217 e. The average Bonchev–Trinajstić information content (AvgIpc) is 2.25. The van der Waals surface area contributed by atoms with Gasteiger partial charge in [-0.15, -0.1) is 0 Å². The second kappa shape index (κ2) is 5.55. The van der Waals surface area contributed by atoms with Crippen LogP contribution < -0.4 is 5.32 Å². The minimum absolute atomic E-state index is 0.371. The van der Waals surface area contributed by atoms with Crippen molar-refractivity contribution in [3.05, 3.63) is 0 Å². The summed E-state index contributed by atoms with van der Waals surface area (Å²) < 4.78 is 10.1. The minimum Gasteiger partial charge on any atom is -0.394 e. The highest BCUT2D eigenvalue weighted by Gasteiger charge is 2.44. The monoisotopic (exact) mass is 235 g/mol. The summed E-state index contributed by atoms with van der Waals surface area (Å²) >= 11 is 0. The first-order valence-electron chi connectivity index (χ1n) is 4.93. The highest BCUT2D eigenvalue weighted by molar-refractivity contribution is 5.73. The summed E-state index contributed by atoms with van der Waals surface area (Å²) in [6, 6.07) is -0.861. The zero-order valence-electron chi connectivity index (χ0n) is 9.16. The number of methoxy groups -OCH3 is 1. The number of hydrogen-bond acceptors (Lipinski definition) is 6. The Hall–Kier alpha value is -0.730. The van der Waals surface area contributed by atoms with Gasteiger partial charge in [0.25, 0.3) is 0 Å². The Kier molecular flexibility index (Phi) is 4.63. The van der Waals surface area contributed by atoms with Crippen LogP contribution >= 0.6 is 0 Å². The summed E-state index contributed by atoms with van der Waals surface area (Å²) in [5.41, 5.74) is 0.